The van der Waals surface area contributed by atoms with E-state index < -0.39 is 59.1 Å². The van der Waals surface area contributed by atoms with Crippen molar-refractivity contribution in [3.8, 4) is 11.5 Å². The molecule has 1 saturated heterocycles. The van der Waals surface area contributed by atoms with Gasteiger partial charge in [-0.1, -0.05) is 11.3 Å². The monoisotopic (exact) mass is 652 g/mol. The number of aliphatic hydroxyl groups is 1. The van der Waals surface area contributed by atoms with E-state index in [4.69, 9.17) is 23.4 Å². The van der Waals surface area contributed by atoms with Crippen LogP contribution in [0.5, 0.6) is 11.5 Å². The largest absolute Gasteiger partial charge is 0.505 e. The molecule has 0 bridgehead atoms. The van der Waals surface area contributed by atoms with Crippen LogP contribution in [0.4, 0.5) is 5.69 Å². The SMILES string of the molecule is CO[C@@H]1[C@@H](OC(=O)c2ccc(C)[nH]2)[C@@H](O)[C@H](Oc2ccc3c(O)c(NC(=O)c4sc5nccn5c4C)c(=O)oc3c2C)OC1(C)C. The summed E-state index contributed by atoms with van der Waals surface area (Å²) in [5.41, 5.74) is -0.597. The summed E-state index contributed by atoms with van der Waals surface area (Å²) in [6.45, 7) is 8.54. The zero-order valence-electron chi connectivity index (χ0n) is 25.7. The van der Waals surface area contributed by atoms with Crippen molar-refractivity contribution in [1.29, 1.82) is 0 Å². The molecule has 1 aromatic carbocycles. The number of methoxy groups -OCH3 is 1. The van der Waals surface area contributed by atoms with Crippen molar-refractivity contribution in [1.82, 2.24) is 14.4 Å². The molecule has 0 saturated carbocycles. The van der Waals surface area contributed by atoms with Gasteiger partial charge in [0.1, 0.15) is 28.0 Å². The number of aromatic nitrogens is 3. The zero-order valence-corrected chi connectivity index (χ0v) is 26.6. The number of aliphatic hydroxyl groups excluding tert-OH is 1. The molecule has 5 heterocycles. The molecule has 0 aliphatic carbocycles. The molecule has 15 heteroatoms. The van der Waals surface area contributed by atoms with Gasteiger partial charge in [-0.25, -0.2) is 14.6 Å². The van der Waals surface area contributed by atoms with Gasteiger partial charge >= 0.3 is 11.6 Å². The Labute approximate surface area is 265 Å². The van der Waals surface area contributed by atoms with Crippen LogP contribution >= 0.6 is 11.3 Å². The minimum Gasteiger partial charge on any atom is -0.505 e. The third-order valence-electron chi connectivity index (χ3n) is 7.99. The molecule has 1 amide bonds. The van der Waals surface area contributed by atoms with Gasteiger partial charge in [0.15, 0.2) is 28.6 Å². The van der Waals surface area contributed by atoms with Crippen molar-refractivity contribution in [2.24, 2.45) is 0 Å². The fraction of sp³-hybridized carbons (Fsp3) is 0.355. The van der Waals surface area contributed by atoms with E-state index in [0.717, 1.165) is 17.0 Å². The molecule has 4 aromatic heterocycles. The standard InChI is InChI=1S/C31H32N4O10S/c1-13-7-9-17(33-13)27(39)44-23-21(37)29(45-31(4,5)25(23)41-6)42-18-10-8-16-20(36)19(28(40)43-22(16)14(18)2)34-26(38)24-15(3)35-12-11-32-30(35)46-24/h7-12,21,23,25,29,33,36-37H,1-6H3,(H,34,38)/t21-,23+,25-,29-/m1/s1. The second kappa shape index (κ2) is 11.6. The molecular formula is C31H32N4O10S. The molecule has 1 aliphatic heterocycles. The molecule has 14 nitrogen and oxygen atoms in total. The van der Waals surface area contributed by atoms with E-state index in [9.17, 15) is 24.6 Å². The minimum atomic E-state index is -1.49. The number of imidazole rings is 1. The van der Waals surface area contributed by atoms with Crippen molar-refractivity contribution in [2.45, 2.75) is 64.8 Å². The number of carbonyl (C=O) groups is 2. The topological polar surface area (TPSA) is 187 Å². The first kappa shape index (κ1) is 31.3. The molecule has 46 heavy (non-hydrogen) atoms. The number of rotatable bonds is 7. The average Bonchev–Trinajstić information content (AvgIpc) is 3.73. The van der Waals surface area contributed by atoms with Gasteiger partial charge in [-0.15, -0.1) is 0 Å². The molecular weight excluding hydrogens is 620 g/mol. The minimum absolute atomic E-state index is 0.00630. The Kier molecular flexibility index (Phi) is 7.88. The molecule has 0 unspecified atom stereocenters. The third-order valence-corrected chi connectivity index (χ3v) is 9.16. The molecule has 242 valence electrons. The molecule has 0 spiro atoms. The number of carbonyl (C=O) groups excluding carboxylic acids is 2. The lowest BCUT2D eigenvalue weighted by Crippen LogP contribution is -2.65. The van der Waals surface area contributed by atoms with E-state index in [1.54, 1.807) is 63.5 Å². The number of benzene rings is 1. The van der Waals surface area contributed by atoms with E-state index in [1.807, 2.05) is 0 Å². The lowest BCUT2D eigenvalue weighted by atomic mass is 9.89. The molecule has 4 atom stereocenters. The first-order chi connectivity index (χ1) is 21.8. The highest BCUT2D eigenvalue weighted by Gasteiger charge is 2.53. The fourth-order valence-electron chi connectivity index (χ4n) is 5.62. The summed E-state index contributed by atoms with van der Waals surface area (Å²) in [7, 11) is 1.42. The number of nitrogens with one attached hydrogen (secondary N) is 2. The number of H-pyrrole nitrogens is 1. The zero-order chi connectivity index (χ0) is 33.1. The number of aryl methyl sites for hydroxylation is 3. The molecule has 0 radical (unpaired) electrons. The van der Waals surface area contributed by atoms with Crippen molar-refractivity contribution >= 4 is 44.8 Å². The summed E-state index contributed by atoms with van der Waals surface area (Å²) in [5.74, 6) is -1.63. The maximum absolute atomic E-state index is 13.1. The van der Waals surface area contributed by atoms with Gasteiger partial charge in [-0.05, 0) is 58.9 Å². The molecule has 6 rings (SSSR count). The number of esters is 1. The Balaban J connectivity index is 1.27. The number of hydrogen-bond donors (Lipinski definition) is 4. The predicted molar refractivity (Wildman–Crippen MR) is 166 cm³/mol. The van der Waals surface area contributed by atoms with Crippen LogP contribution in [0, 0.1) is 20.8 Å². The van der Waals surface area contributed by atoms with Crippen LogP contribution in [0.15, 0.2) is 45.9 Å². The van der Waals surface area contributed by atoms with E-state index >= 15 is 0 Å². The van der Waals surface area contributed by atoms with Gasteiger partial charge in [-0.2, -0.15) is 0 Å². The van der Waals surface area contributed by atoms with Gasteiger partial charge in [0.25, 0.3) is 5.91 Å². The number of hydrogen-bond acceptors (Lipinski definition) is 12. The highest BCUT2D eigenvalue weighted by molar-refractivity contribution is 7.19. The third kappa shape index (κ3) is 5.30. The molecule has 1 aliphatic rings. The van der Waals surface area contributed by atoms with Gasteiger partial charge in [0.05, 0.1) is 11.0 Å². The number of fused-ring (bicyclic) bond motifs is 2. The number of thiazole rings is 1. The Morgan fingerprint density at radius 2 is 1.93 bits per heavy atom. The smallest absolute Gasteiger partial charge is 0.364 e. The lowest BCUT2D eigenvalue weighted by molar-refractivity contribution is -0.305. The Hall–Kier alpha value is -4.70. The quantitative estimate of drug-likeness (QED) is 0.148. The maximum atomic E-state index is 13.1. The van der Waals surface area contributed by atoms with Gasteiger partial charge in [0.2, 0.25) is 6.29 Å². The van der Waals surface area contributed by atoms with Crippen LogP contribution in [0.1, 0.15) is 51.0 Å². The summed E-state index contributed by atoms with van der Waals surface area (Å²) >= 11 is 1.14. The number of ether oxygens (including phenoxy) is 4. The molecule has 4 N–H and O–H groups in total. The lowest BCUT2D eigenvalue weighted by Gasteiger charge is -2.47. The summed E-state index contributed by atoms with van der Waals surface area (Å²) in [4.78, 5) is 47.0. The number of aromatic amines is 1. The van der Waals surface area contributed by atoms with Crippen molar-refractivity contribution < 1.29 is 43.2 Å². The van der Waals surface area contributed by atoms with Crippen LogP contribution in [0.3, 0.4) is 0 Å². The van der Waals surface area contributed by atoms with Crippen molar-refractivity contribution in [2.75, 3.05) is 12.4 Å². The van der Waals surface area contributed by atoms with Crippen molar-refractivity contribution in [3.63, 3.8) is 0 Å². The summed E-state index contributed by atoms with van der Waals surface area (Å²) in [6, 6.07) is 6.24. The number of anilines is 1. The van der Waals surface area contributed by atoms with Crippen molar-refractivity contribution in [3.05, 3.63) is 74.6 Å². The number of aromatic hydroxyl groups is 1. The second-order valence-corrected chi connectivity index (χ2v) is 12.5. The predicted octanol–water partition coefficient (Wildman–Crippen LogP) is 3.83. The Morgan fingerprint density at radius 1 is 1.17 bits per heavy atom. The van der Waals surface area contributed by atoms with Crippen LogP contribution in [0.2, 0.25) is 0 Å². The highest BCUT2D eigenvalue weighted by Crippen LogP contribution is 2.39. The van der Waals surface area contributed by atoms with Gasteiger partial charge in [-0.3, -0.25) is 9.20 Å². The molecule has 1 fully saturated rings. The summed E-state index contributed by atoms with van der Waals surface area (Å²) in [5, 5.41) is 25.0. The summed E-state index contributed by atoms with van der Waals surface area (Å²) in [6.07, 6.45) is -1.54. The second-order valence-electron chi connectivity index (χ2n) is 11.5. The fourth-order valence-corrected chi connectivity index (χ4v) is 6.61. The number of nitrogens with zero attached hydrogens (tertiary/aromatic N) is 2. The first-order valence-corrected chi connectivity index (χ1v) is 15.1. The van der Waals surface area contributed by atoms with Gasteiger partial charge in [0, 0.05) is 36.5 Å². The first-order valence-electron chi connectivity index (χ1n) is 14.3. The van der Waals surface area contributed by atoms with Crippen LogP contribution in [-0.4, -0.2) is 73.8 Å². The maximum Gasteiger partial charge on any atom is 0.364 e. The highest BCUT2D eigenvalue weighted by atomic mass is 32.1. The average molecular weight is 653 g/mol. The van der Waals surface area contributed by atoms with E-state index in [2.05, 4.69) is 15.3 Å². The van der Waals surface area contributed by atoms with Crippen LogP contribution in [0.25, 0.3) is 15.9 Å². The normalized spacial score (nSPS) is 21.0. The molecule has 5 aromatic rings. The van der Waals surface area contributed by atoms with Crippen LogP contribution in [-0.2, 0) is 14.2 Å². The Morgan fingerprint density at radius 3 is 2.61 bits per heavy atom. The van der Waals surface area contributed by atoms with Crippen LogP contribution < -0.4 is 15.7 Å². The summed E-state index contributed by atoms with van der Waals surface area (Å²) < 4.78 is 30.7. The number of amides is 1. The van der Waals surface area contributed by atoms with E-state index in [-0.39, 0.29) is 22.4 Å². The van der Waals surface area contributed by atoms with Gasteiger partial charge < -0.3 is 43.9 Å². The Bertz CT molecular complexity index is 2040. The van der Waals surface area contributed by atoms with E-state index in [1.165, 1.54) is 19.2 Å². The van der Waals surface area contributed by atoms with E-state index in [0.29, 0.717) is 21.1 Å².